The third-order valence-electron chi connectivity index (χ3n) is 6.23. The average Bonchev–Trinajstić information content (AvgIpc) is 3.69. The molecule has 210 valence electrons. The highest BCUT2D eigenvalue weighted by molar-refractivity contribution is 5.99. The van der Waals surface area contributed by atoms with Gasteiger partial charge in [-0.15, -0.1) is 0 Å². The number of carbonyl (C=O) groups excluding carboxylic acids is 4. The van der Waals surface area contributed by atoms with Gasteiger partial charge in [0.25, 0.3) is 5.91 Å². The molecule has 0 saturated heterocycles. The molecule has 4 N–H and O–H groups in total. The summed E-state index contributed by atoms with van der Waals surface area (Å²) in [4.78, 5) is 53.8. The fourth-order valence-electron chi connectivity index (χ4n) is 4.24. The molecule has 0 aliphatic heterocycles. The molecule has 10 heteroatoms. The van der Waals surface area contributed by atoms with Crippen LogP contribution in [0.4, 0.5) is 10.5 Å². The SMILES string of the molecule is COc1ccc(NC(=O)C(c2ccccc2C)N(C(=O)C(CCC(N)=O)NC(=O)OC(C)(C)C)C2CC2)cc1. The Bertz CT molecular complexity index is 1190. The van der Waals surface area contributed by atoms with Gasteiger partial charge >= 0.3 is 6.09 Å². The van der Waals surface area contributed by atoms with E-state index in [1.165, 1.54) is 4.90 Å². The van der Waals surface area contributed by atoms with E-state index in [-0.39, 0.29) is 18.9 Å². The first kappa shape index (κ1) is 29.5. The Hall–Kier alpha value is -4.08. The van der Waals surface area contributed by atoms with Crippen LogP contribution in [0.2, 0.25) is 0 Å². The minimum Gasteiger partial charge on any atom is -0.497 e. The van der Waals surface area contributed by atoms with Gasteiger partial charge in [-0.2, -0.15) is 0 Å². The summed E-state index contributed by atoms with van der Waals surface area (Å²) in [7, 11) is 1.56. The number of carbonyl (C=O) groups is 4. The number of hydrogen-bond donors (Lipinski definition) is 3. The highest BCUT2D eigenvalue weighted by Gasteiger charge is 2.44. The Morgan fingerprint density at radius 2 is 1.69 bits per heavy atom. The molecule has 0 heterocycles. The lowest BCUT2D eigenvalue weighted by Gasteiger charge is -2.35. The average molecular weight is 539 g/mol. The molecule has 3 rings (SSSR count). The molecule has 0 bridgehead atoms. The van der Waals surface area contributed by atoms with Crippen molar-refractivity contribution >= 4 is 29.5 Å². The molecule has 2 unspecified atom stereocenters. The smallest absolute Gasteiger partial charge is 0.408 e. The fourth-order valence-corrected chi connectivity index (χ4v) is 4.24. The van der Waals surface area contributed by atoms with Crippen LogP contribution in [0.5, 0.6) is 5.75 Å². The molecule has 10 nitrogen and oxygen atoms in total. The van der Waals surface area contributed by atoms with E-state index in [0.717, 1.165) is 5.56 Å². The van der Waals surface area contributed by atoms with Crippen molar-refractivity contribution in [2.75, 3.05) is 12.4 Å². The van der Waals surface area contributed by atoms with Crippen LogP contribution in [0.3, 0.4) is 0 Å². The van der Waals surface area contributed by atoms with Crippen molar-refractivity contribution < 1.29 is 28.7 Å². The first-order valence-corrected chi connectivity index (χ1v) is 13.0. The van der Waals surface area contributed by atoms with Gasteiger partial charge in [0.05, 0.1) is 7.11 Å². The van der Waals surface area contributed by atoms with E-state index in [1.807, 2.05) is 31.2 Å². The number of alkyl carbamates (subject to hydrolysis) is 1. The van der Waals surface area contributed by atoms with Crippen LogP contribution in [0.15, 0.2) is 48.5 Å². The molecule has 0 aromatic heterocycles. The Morgan fingerprint density at radius 1 is 1.05 bits per heavy atom. The molecular weight excluding hydrogens is 500 g/mol. The predicted molar refractivity (Wildman–Crippen MR) is 147 cm³/mol. The lowest BCUT2D eigenvalue weighted by molar-refractivity contribution is -0.141. The number of aryl methyl sites for hydroxylation is 1. The number of rotatable bonds is 11. The van der Waals surface area contributed by atoms with Gasteiger partial charge in [0.15, 0.2) is 0 Å². The first-order valence-electron chi connectivity index (χ1n) is 13.0. The number of primary amides is 1. The second-order valence-electron chi connectivity index (χ2n) is 10.7. The van der Waals surface area contributed by atoms with Gasteiger partial charge in [-0.05, 0) is 82.3 Å². The van der Waals surface area contributed by atoms with Crippen molar-refractivity contribution in [3.63, 3.8) is 0 Å². The summed E-state index contributed by atoms with van der Waals surface area (Å²) < 4.78 is 10.6. The fraction of sp³-hybridized carbons (Fsp3) is 0.448. The number of benzene rings is 2. The minimum atomic E-state index is -1.12. The van der Waals surface area contributed by atoms with E-state index < -0.39 is 41.5 Å². The molecule has 1 saturated carbocycles. The molecule has 1 aliphatic rings. The van der Waals surface area contributed by atoms with Crippen molar-refractivity contribution in [2.24, 2.45) is 5.73 Å². The Kier molecular flexibility index (Phi) is 9.56. The second-order valence-corrected chi connectivity index (χ2v) is 10.7. The van der Waals surface area contributed by atoms with Gasteiger partial charge in [0.1, 0.15) is 23.4 Å². The number of hydrogen-bond acceptors (Lipinski definition) is 6. The molecule has 1 fully saturated rings. The first-order chi connectivity index (χ1) is 18.4. The van der Waals surface area contributed by atoms with Crippen LogP contribution in [0, 0.1) is 6.92 Å². The maximum Gasteiger partial charge on any atom is 0.408 e. The number of ether oxygens (including phenoxy) is 2. The monoisotopic (exact) mass is 538 g/mol. The van der Waals surface area contributed by atoms with Crippen molar-refractivity contribution in [2.45, 2.75) is 77.1 Å². The third kappa shape index (κ3) is 8.46. The van der Waals surface area contributed by atoms with E-state index in [9.17, 15) is 19.2 Å². The standard InChI is InChI=1S/C29H38N4O6/c1-18-8-6-7-9-22(18)25(26(35)31-19-10-14-21(38-5)15-11-19)33(20-12-13-20)27(36)23(16-17-24(30)34)32-28(37)39-29(2,3)4/h6-11,14-15,20,23,25H,12-13,16-17H2,1-5H3,(H2,30,34)(H,31,35)(H,32,37). The number of anilines is 1. The highest BCUT2D eigenvalue weighted by atomic mass is 16.6. The van der Waals surface area contributed by atoms with Gasteiger partial charge in [-0.1, -0.05) is 24.3 Å². The van der Waals surface area contributed by atoms with Crippen molar-refractivity contribution in [3.8, 4) is 5.75 Å². The Balaban J connectivity index is 1.98. The normalized spacial score (nSPS) is 14.5. The molecular formula is C29H38N4O6. The number of nitrogens with two attached hydrogens (primary N) is 1. The third-order valence-corrected chi connectivity index (χ3v) is 6.23. The van der Waals surface area contributed by atoms with Gasteiger partial charge < -0.3 is 30.7 Å². The minimum absolute atomic E-state index is 0.0305. The largest absolute Gasteiger partial charge is 0.497 e. The van der Waals surface area contributed by atoms with Crippen molar-refractivity contribution in [1.29, 1.82) is 0 Å². The maximum atomic E-state index is 14.1. The molecule has 0 spiro atoms. The topological polar surface area (TPSA) is 140 Å². The summed E-state index contributed by atoms with van der Waals surface area (Å²) in [5, 5.41) is 5.53. The summed E-state index contributed by atoms with van der Waals surface area (Å²) in [5.74, 6) is -0.850. The highest BCUT2D eigenvalue weighted by Crippen LogP contribution is 2.37. The summed E-state index contributed by atoms with van der Waals surface area (Å²) in [6.07, 6.45) is 0.462. The van der Waals surface area contributed by atoms with Gasteiger partial charge in [0.2, 0.25) is 11.8 Å². The van der Waals surface area contributed by atoms with Crippen LogP contribution in [0.1, 0.15) is 63.6 Å². The van der Waals surface area contributed by atoms with Crippen LogP contribution in [-0.2, 0) is 19.1 Å². The summed E-state index contributed by atoms with van der Waals surface area (Å²) in [6.45, 7) is 7.01. The number of amides is 4. The van der Waals surface area contributed by atoms with Crippen LogP contribution in [-0.4, -0.2) is 53.5 Å². The predicted octanol–water partition coefficient (Wildman–Crippen LogP) is 3.83. The number of methoxy groups -OCH3 is 1. The van der Waals surface area contributed by atoms with Crippen LogP contribution < -0.4 is 21.1 Å². The van der Waals surface area contributed by atoms with Gasteiger partial charge in [0, 0.05) is 18.2 Å². The Labute approximate surface area is 229 Å². The second kappa shape index (κ2) is 12.6. The molecule has 1 aliphatic carbocycles. The lowest BCUT2D eigenvalue weighted by Crippen LogP contribution is -2.53. The summed E-state index contributed by atoms with van der Waals surface area (Å²) in [5.41, 5.74) is 6.61. The van der Waals surface area contributed by atoms with Crippen molar-refractivity contribution in [1.82, 2.24) is 10.2 Å². The zero-order valence-electron chi connectivity index (χ0n) is 23.2. The molecule has 4 amide bonds. The number of nitrogens with one attached hydrogen (secondary N) is 2. The maximum absolute atomic E-state index is 14.1. The van der Waals surface area contributed by atoms with E-state index in [0.29, 0.717) is 29.8 Å². The molecule has 2 aromatic carbocycles. The number of nitrogens with zero attached hydrogens (tertiary/aromatic N) is 1. The summed E-state index contributed by atoms with van der Waals surface area (Å²) in [6, 6.07) is 12.0. The lowest BCUT2D eigenvalue weighted by atomic mass is 9.97. The molecule has 0 radical (unpaired) electrons. The summed E-state index contributed by atoms with van der Waals surface area (Å²) >= 11 is 0. The van der Waals surface area contributed by atoms with E-state index in [2.05, 4.69) is 10.6 Å². The zero-order chi connectivity index (χ0) is 28.7. The zero-order valence-corrected chi connectivity index (χ0v) is 23.2. The Morgan fingerprint density at radius 3 is 2.23 bits per heavy atom. The quantitative estimate of drug-likeness (QED) is 0.397. The van der Waals surface area contributed by atoms with Crippen LogP contribution >= 0.6 is 0 Å². The van der Waals surface area contributed by atoms with Gasteiger partial charge in [-0.25, -0.2) is 4.79 Å². The van der Waals surface area contributed by atoms with E-state index >= 15 is 0 Å². The van der Waals surface area contributed by atoms with E-state index in [4.69, 9.17) is 15.2 Å². The molecule has 39 heavy (non-hydrogen) atoms. The van der Waals surface area contributed by atoms with Crippen molar-refractivity contribution in [3.05, 3.63) is 59.7 Å². The van der Waals surface area contributed by atoms with E-state index in [1.54, 1.807) is 52.1 Å². The van der Waals surface area contributed by atoms with Gasteiger partial charge in [-0.3, -0.25) is 14.4 Å². The molecule has 2 atom stereocenters. The van der Waals surface area contributed by atoms with Crippen LogP contribution in [0.25, 0.3) is 0 Å². The molecule has 2 aromatic rings.